The molecule has 38 heavy (non-hydrogen) atoms. The van der Waals surface area contributed by atoms with E-state index in [4.69, 9.17) is 11.5 Å². The van der Waals surface area contributed by atoms with E-state index < -0.39 is 47.9 Å². The predicted molar refractivity (Wildman–Crippen MR) is 138 cm³/mol. The molecule has 0 fully saturated rings. The molecule has 0 saturated carbocycles. The van der Waals surface area contributed by atoms with Gasteiger partial charge in [-0.3, -0.25) is 14.4 Å². The Bertz CT molecular complexity index is 1010. The van der Waals surface area contributed by atoms with Crippen LogP contribution in [0.5, 0.6) is 0 Å². The number of rotatable bonds is 17. The van der Waals surface area contributed by atoms with Gasteiger partial charge in [-0.2, -0.15) is 0 Å². The molecule has 0 spiro atoms. The topological polar surface area (TPSA) is 234 Å². The van der Waals surface area contributed by atoms with Crippen LogP contribution >= 0.6 is 0 Å². The Morgan fingerprint density at radius 3 is 1.95 bits per heavy atom. The van der Waals surface area contributed by atoms with Gasteiger partial charge in [-0.25, -0.2) is 14.8 Å². The maximum absolute atomic E-state index is 13.4. The fourth-order valence-corrected chi connectivity index (χ4v) is 3.83. The second kappa shape index (κ2) is 15.5. The van der Waals surface area contributed by atoms with E-state index in [2.05, 4.69) is 35.9 Å². The number of aromatic amines is 2. The summed E-state index contributed by atoms with van der Waals surface area (Å²) in [7, 11) is 0. The van der Waals surface area contributed by atoms with E-state index in [1.54, 1.807) is 6.20 Å². The monoisotopic (exact) mass is 533 g/mol. The van der Waals surface area contributed by atoms with Crippen LogP contribution in [0.2, 0.25) is 0 Å². The fourth-order valence-electron chi connectivity index (χ4n) is 3.83. The highest BCUT2D eigenvalue weighted by Gasteiger charge is 2.31. The van der Waals surface area contributed by atoms with E-state index in [1.807, 2.05) is 13.8 Å². The van der Waals surface area contributed by atoms with Gasteiger partial charge in [0.15, 0.2) is 0 Å². The number of carbonyl (C=O) groups excluding carboxylic acids is 3. The van der Waals surface area contributed by atoms with Gasteiger partial charge in [0, 0.05) is 36.6 Å². The summed E-state index contributed by atoms with van der Waals surface area (Å²) in [4.78, 5) is 64.5. The molecule has 4 atom stereocenters. The smallest absolute Gasteiger partial charge is 0.326 e. The molecule has 2 aromatic rings. The van der Waals surface area contributed by atoms with Crippen molar-refractivity contribution < 1.29 is 24.3 Å². The highest BCUT2D eigenvalue weighted by atomic mass is 16.4. The molecule has 14 heteroatoms. The van der Waals surface area contributed by atoms with Gasteiger partial charge in [0.2, 0.25) is 17.7 Å². The van der Waals surface area contributed by atoms with Crippen molar-refractivity contribution in [3.63, 3.8) is 0 Å². The second-order valence-corrected chi connectivity index (χ2v) is 9.60. The second-order valence-electron chi connectivity index (χ2n) is 9.60. The average molecular weight is 534 g/mol. The Morgan fingerprint density at radius 1 is 0.868 bits per heavy atom. The quantitative estimate of drug-likeness (QED) is 0.116. The molecule has 2 heterocycles. The lowest BCUT2D eigenvalue weighted by Gasteiger charge is -2.25. The number of imidazole rings is 2. The van der Waals surface area contributed by atoms with E-state index in [1.165, 1.54) is 18.9 Å². The molecule has 2 rings (SSSR count). The third-order valence-electron chi connectivity index (χ3n) is 5.84. The van der Waals surface area contributed by atoms with Crippen molar-refractivity contribution >= 4 is 23.7 Å². The highest BCUT2D eigenvalue weighted by Crippen LogP contribution is 2.09. The summed E-state index contributed by atoms with van der Waals surface area (Å²) >= 11 is 0. The summed E-state index contributed by atoms with van der Waals surface area (Å²) in [6, 6.07) is -4.16. The number of aromatic nitrogens is 4. The number of nitrogens with zero attached hydrogens (tertiary/aromatic N) is 2. The van der Waals surface area contributed by atoms with Gasteiger partial charge in [-0.05, 0) is 38.1 Å². The number of carboxylic acids is 1. The molecule has 0 bridgehead atoms. The fraction of sp³-hybridized carbons (Fsp3) is 0.583. The first-order valence-electron chi connectivity index (χ1n) is 12.6. The summed E-state index contributed by atoms with van der Waals surface area (Å²) in [6.07, 6.45) is 7.86. The maximum Gasteiger partial charge on any atom is 0.326 e. The summed E-state index contributed by atoms with van der Waals surface area (Å²) < 4.78 is 0. The van der Waals surface area contributed by atoms with Crippen LogP contribution in [0.3, 0.4) is 0 Å². The van der Waals surface area contributed by atoms with Crippen LogP contribution < -0.4 is 27.4 Å². The van der Waals surface area contributed by atoms with Gasteiger partial charge >= 0.3 is 5.97 Å². The number of amides is 3. The van der Waals surface area contributed by atoms with Gasteiger partial charge in [-0.15, -0.1) is 0 Å². The molecule has 0 saturated heterocycles. The number of aliphatic carboxylic acids is 1. The van der Waals surface area contributed by atoms with Gasteiger partial charge in [0.05, 0.1) is 18.7 Å². The molecule has 2 aromatic heterocycles. The zero-order valence-corrected chi connectivity index (χ0v) is 21.8. The van der Waals surface area contributed by atoms with Crippen LogP contribution in [0.15, 0.2) is 25.0 Å². The average Bonchev–Trinajstić information content (AvgIpc) is 3.56. The zero-order valence-electron chi connectivity index (χ0n) is 21.8. The molecule has 3 amide bonds. The van der Waals surface area contributed by atoms with Crippen LogP contribution in [0.1, 0.15) is 50.9 Å². The Balaban J connectivity index is 2.16. The largest absolute Gasteiger partial charge is 0.480 e. The van der Waals surface area contributed by atoms with Crippen molar-refractivity contribution in [1.82, 2.24) is 35.9 Å². The number of hydrogen-bond acceptors (Lipinski definition) is 8. The third-order valence-corrected chi connectivity index (χ3v) is 5.84. The van der Waals surface area contributed by atoms with Crippen LogP contribution in [0, 0.1) is 5.92 Å². The molecule has 14 nitrogen and oxygen atoms in total. The Morgan fingerprint density at radius 2 is 1.42 bits per heavy atom. The molecule has 10 N–H and O–H groups in total. The normalized spacial score (nSPS) is 14.3. The van der Waals surface area contributed by atoms with Gasteiger partial charge in [-0.1, -0.05) is 13.8 Å². The van der Waals surface area contributed by atoms with Crippen molar-refractivity contribution in [1.29, 1.82) is 0 Å². The number of nitrogens with two attached hydrogens (primary N) is 2. The summed E-state index contributed by atoms with van der Waals surface area (Å²) in [5.74, 6) is -2.93. The predicted octanol–water partition coefficient (Wildman–Crippen LogP) is -1.04. The van der Waals surface area contributed by atoms with Crippen molar-refractivity contribution in [2.75, 3.05) is 6.54 Å². The summed E-state index contributed by atoms with van der Waals surface area (Å²) in [5.41, 5.74) is 12.9. The van der Waals surface area contributed by atoms with E-state index in [0.717, 1.165) is 0 Å². The summed E-state index contributed by atoms with van der Waals surface area (Å²) in [6.45, 7) is 4.10. The van der Waals surface area contributed by atoms with Crippen LogP contribution in [0.4, 0.5) is 0 Å². The van der Waals surface area contributed by atoms with Crippen LogP contribution in [-0.4, -0.2) is 79.4 Å². The van der Waals surface area contributed by atoms with E-state index >= 15 is 0 Å². The zero-order chi connectivity index (χ0) is 28.1. The van der Waals surface area contributed by atoms with Crippen LogP contribution in [-0.2, 0) is 32.0 Å². The number of hydrogen-bond donors (Lipinski definition) is 8. The molecular formula is C24H39N9O5. The Labute approximate surface area is 221 Å². The first-order valence-corrected chi connectivity index (χ1v) is 12.6. The van der Waals surface area contributed by atoms with Crippen LogP contribution in [0.25, 0.3) is 0 Å². The summed E-state index contributed by atoms with van der Waals surface area (Å²) in [5, 5.41) is 17.4. The number of carboxylic acid groups (broad SMARTS) is 1. The van der Waals surface area contributed by atoms with Crippen molar-refractivity contribution in [2.24, 2.45) is 17.4 Å². The Kier molecular flexibility index (Phi) is 12.4. The molecule has 0 aliphatic heterocycles. The van der Waals surface area contributed by atoms with Gasteiger partial charge in [0.1, 0.15) is 18.1 Å². The molecule has 4 unspecified atom stereocenters. The van der Waals surface area contributed by atoms with E-state index in [9.17, 15) is 24.3 Å². The standard InChI is InChI=1S/C24H39N9O5/c1-14(2)7-20(24(37)38)33-22(35)18(5-3-4-6-25)31-23(36)19(9-16-11-28-13-30-16)32-21(34)17(26)8-15-10-27-12-29-15/h10-14,17-20H,3-9,25-26H2,1-2H3,(H,27,29)(H,28,30)(H,31,36)(H,32,34)(H,33,35)(H,37,38). The van der Waals surface area contributed by atoms with Crippen molar-refractivity contribution in [3.05, 3.63) is 36.4 Å². The first-order chi connectivity index (χ1) is 18.1. The molecule has 210 valence electrons. The third kappa shape index (κ3) is 10.3. The molecule has 0 radical (unpaired) electrons. The number of carbonyl (C=O) groups is 4. The lowest BCUT2D eigenvalue weighted by Crippen LogP contribution is -2.57. The minimum Gasteiger partial charge on any atom is -0.480 e. The minimum absolute atomic E-state index is 0.0293. The van der Waals surface area contributed by atoms with E-state index in [0.29, 0.717) is 30.8 Å². The lowest BCUT2D eigenvalue weighted by atomic mass is 10.0. The molecule has 0 aliphatic carbocycles. The lowest BCUT2D eigenvalue weighted by molar-refractivity contribution is -0.142. The maximum atomic E-state index is 13.4. The van der Waals surface area contributed by atoms with Gasteiger partial charge < -0.3 is 42.5 Å². The molecular weight excluding hydrogens is 494 g/mol. The number of nitrogens with one attached hydrogen (secondary N) is 5. The minimum atomic E-state index is -1.16. The molecule has 0 aliphatic rings. The Hall–Kier alpha value is -3.78. The molecule has 0 aromatic carbocycles. The SMILES string of the molecule is CC(C)CC(NC(=O)C(CCCCN)NC(=O)C(Cc1cnc[nH]1)NC(=O)C(N)Cc1cnc[nH]1)C(=O)O. The number of unbranched alkanes of at least 4 members (excludes halogenated alkanes) is 1. The van der Waals surface area contributed by atoms with Crippen molar-refractivity contribution in [2.45, 2.75) is 76.5 Å². The number of H-pyrrole nitrogens is 2. The van der Waals surface area contributed by atoms with Gasteiger partial charge in [0.25, 0.3) is 0 Å². The van der Waals surface area contributed by atoms with E-state index in [-0.39, 0.29) is 31.6 Å². The highest BCUT2D eigenvalue weighted by molar-refractivity contribution is 5.94. The first kappa shape index (κ1) is 30.4. The van der Waals surface area contributed by atoms with Crippen molar-refractivity contribution in [3.8, 4) is 0 Å².